The van der Waals surface area contributed by atoms with Gasteiger partial charge in [0.15, 0.2) is 0 Å². The van der Waals surface area contributed by atoms with E-state index in [0.29, 0.717) is 18.7 Å². The lowest BCUT2D eigenvalue weighted by Gasteiger charge is -2.47. The predicted molar refractivity (Wildman–Crippen MR) is 84.9 cm³/mol. The van der Waals surface area contributed by atoms with E-state index in [9.17, 15) is 4.79 Å². The third-order valence-electron chi connectivity index (χ3n) is 2.87. The third-order valence-corrected chi connectivity index (χ3v) is 5.21. The Morgan fingerprint density at radius 1 is 1.26 bits per heavy atom. The summed E-state index contributed by atoms with van der Waals surface area (Å²) in [6.45, 7) is 9.30. The second kappa shape index (κ2) is 5.13. The van der Waals surface area contributed by atoms with Crippen LogP contribution in [0.3, 0.4) is 0 Å². The van der Waals surface area contributed by atoms with Gasteiger partial charge < -0.3 is 9.64 Å². The van der Waals surface area contributed by atoms with Crippen LogP contribution >= 0.6 is 43.2 Å². The molecule has 106 valence electrons. The van der Waals surface area contributed by atoms with Crippen molar-refractivity contribution in [3.05, 3.63) is 19.2 Å². The SMILES string of the molecule is CC1(C)CN(C(=O)c2cc(Br)sc2Br)CC(C)(C)O1. The van der Waals surface area contributed by atoms with Gasteiger partial charge in [0.2, 0.25) is 0 Å². The zero-order chi connectivity index (χ0) is 14.4. The molecule has 1 amide bonds. The van der Waals surface area contributed by atoms with Crippen molar-refractivity contribution in [1.29, 1.82) is 0 Å². The van der Waals surface area contributed by atoms with E-state index in [4.69, 9.17) is 4.74 Å². The van der Waals surface area contributed by atoms with Crippen LogP contribution in [0.25, 0.3) is 0 Å². The van der Waals surface area contributed by atoms with Gasteiger partial charge in [-0.1, -0.05) is 0 Å². The zero-order valence-corrected chi connectivity index (χ0v) is 15.4. The van der Waals surface area contributed by atoms with Crippen molar-refractivity contribution in [2.75, 3.05) is 13.1 Å². The molecule has 1 aliphatic heterocycles. The number of hydrogen-bond donors (Lipinski definition) is 0. The molecular weight excluding hydrogens is 394 g/mol. The maximum absolute atomic E-state index is 12.6. The molecule has 1 aliphatic rings. The van der Waals surface area contributed by atoms with Gasteiger partial charge in [-0.15, -0.1) is 11.3 Å². The van der Waals surface area contributed by atoms with E-state index in [1.807, 2.05) is 38.7 Å². The molecule has 2 rings (SSSR count). The zero-order valence-electron chi connectivity index (χ0n) is 11.4. The van der Waals surface area contributed by atoms with Gasteiger partial charge in [0.05, 0.1) is 24.3 Å². The third kappa shape index (κ3) is 3.60. The molecule has 1 saturated heterocycles. The van der Waals surface area contributed by atoms with Crippen molar-refractivity contribution in [2.45, 2.75) is 38.9 Å². The van der Waals surface area contributed by atoms with Crippen LogP contribution in [-0.4, -0.2) is 35.1 Å². The van der Waals surface area contributed by atoms with E-state index < -0.39 is 0 Å². The summed E-state index contributed by atoms with van der Waals surface area (Å²) in [5, 5.41) is 0. The number of carbonyl (C=O) groups excluding carboxylic acids is 1. The van der Waals surface area contributed by atoms with Crippen LogP contribution < -0.4 is 0 Å². The lowest BCUT2D eigenvalue weighted by molar-refractivity contribution is -0.171. The molecule has 6 heteroatoms. The number of morpholine rings is 1. The highest BCUT2D eigenvalue weighted by atomic mass is 79.9. The Hall–Kier alpha value is 0.0900. The Morgan fingerprint density at radius 2 is 1.79 bits per heavy atom. The Balaban J connectivity index is 2.26. The van der Waals surface area contributed by atoms with Crippen LogP contribution in [0.1, 0.15) is 38.1 Å². The highest BCUT2D eigenvalue weighted by molar-refractivity contribution is 9.12. The van der Waals surface area contributed by atoms with E-state index in [0.717, 1.165) is 7.57 Å². The average molecular weight is 411 g/mol. The summed E-state index contributed by atoms with van der Waals surface area (Å²) in [5.74, 6) is 0.0540. The molecule has 0 radical (unpaired) electrons. The minimum Gasteiger partial charge on any atom is -0.366 e. The Kier molecular flexibility index (Phi) is 4.18. The lowest BCUT2D eigenvalue weighted by atomic mass is 9.98. The molecule has 0 unspecified atom stereocenters. The van der Waals surface area contributed by atoms with E-state index in [1.54, 1.807) is 0 Å². The van der Waals surface area contributed by atoms with Crippen LogP contribution in [0.4, 0.5) is 0 Å². The normalized spacial score (nSPS) is 21.5. The fourth-order valence-electron chi connectivity index (χ4n) is 2.59. The number of nitrogens with zero attached hydrogens (tertiary/aromatic N) is 1. The first-order valence-corrected chi connectivity index (χ1v) is 8.44. The van der Waals surface area contributed by atoms with Crippen molar-refractivity contribution in [3.63, 3.8) is 0 Å². The lowest BCUT2D eigenvalue weighted by Crippen LogP contribution is -2.58. The largest absolute Gasteiger partial charge is 0.366 e. The van der Waals surface area contributed by atoms with Crippen molar-refractivity contribution in [1.82, 2.24) is 4.90 Å². The highest BCUT2D eigenvalue weighted by Crippen LogP contribution is 2.35. The quantitative estimate of drug-likeness (QED) is 0.690. The molecule has 0 N–H and O–H groups in total. The van der Waals surface area contributed by atoms with E-state index >= 15 is 0 Å². The molecule has 0 saturated carbocycles. The van der Waals surface area contributed by atoms with Gasteiger partial charge in [0.25, 0.3) is 5.91 Å². The Morgan fingerprint density at radius 3 is 2.21 bits per heavy atom. The smallest absolute Gasteiger partial charge is 0.256 e. The first-order valence-electron chi connectivity index (χ1n) is 6.04. The second-order valence-corrected chi connectivity index (χ2v) is 9.77. The second-order valence-electron chi connectivity index (χ2n) is 6.02. The van der Waals surface area contributed by atoms with E-state index in [2.05, 4.69) is 31.9 Å². The molecule has 0 aliphatic carbocycles. The molecular formula is C13H17Br2NO2S. The standard InChI is InChI=1S/C13H17Br2NO2S/c1-12(2)6-16(7-13(3,4)18-12)11(17)8-5-9(14)19-10(8)15/h5H,6-7H2,1-4H3. The van der Waals surface area contributed by atoms with Crippen molar-refractivity contribution in [2.24, 2.45) is 0 Å². The van der Waals surface area contributed by atoms with Gasteiger partial charge in [0.1, 0.15) is 0 Å². The van der Waals surface area contributed by atoms with Crippen molar-refractivity contribution in [3.8, 4) is 0 Å². The summed E-state index contributed by atoms with van der Waals surface area (Å²) in [4.78, 5) is 14.5. The highest BCUT2D eigenvalue weighted by Gasteiger charge is 2.40. The van der Waals surface area contributed by atoms with Gasteiger partial charge >= 0.3 is 0 Å². The summed E-state index contributed by atoms with van der Waals surface area (Å²) < 4.78 is 7.82. The summed E-state index contributed by atoms with van der Waals surface area (Å²) in [5.41, 5.74) is 0.0687. The molecule has 0 spiro atoms. The first kappa shape index (κ1) is 15.5. The van der Waals surface area contributed by atoms with Crippen LogP contribution in [0, 0.1) is 0 Å². The van der Waals surface area contributed by atoms with Gasteiger partial charge in [-0.2, -0.15) is 0 Å². The van der Waals surface area contributed by atoms with Gasteiger partial charge in [0, 0.05) is 13.1 Å². The molecule has 3 nitrogen and oxygen atoms in total. The van der Waals surface area contributed by atoms with Gasteiger partial charge in [-0.3, -0.25) is 4.79 Å². The number of carbonyl (C=O) groups is 1. The number of thiophene rings is 1. The molecule has 0 atom stereocenters. The summed E-state index contributed by atoms with van der Waals surface area (Å²) >= 11 is 8.38. The number of amides is 1. The summed E-state index contributed by atoms with van der Waals surface area (Å²) in [6.07, 6.45) is 0. The molecule has 19 heavy (non-hydrogen) atoms. The topological polar surface area (TPSA) is 29.5 Å². The van der Waals surface area contributed by atoms with Gasteiger partial charge in [-0.05, 0) is 65.6 Å². The van der Waals surface area contributed by atoms with E-state index in [1.165, 1.54) is 11.3 Å². The Bertz CT molecular complexity index is 495. The van der Waals surface area contributed by atoms with Gasteiger partial charge in [-0.25, -0.2) is 0 Å². The van der Waals surface area contributed by atoms with E-state index in [-0.39, 0.29) is 17.1 Å². The Labute approximate surface area is 134 Å². The maximum Gasteiger partial charge on any atom is 0.256 e. The number of rotatable bonds is 1. The molecule has 0 bridgehead atoms. The predicted octanol–water partition coefficient (Wildman–Crippen LogP) is 4.30. The fraction of sp³-hybridized carbons (Fsp3) is 0.615. The van der Waals surface area contributed by atoms with Crippen LogP contribution in [0.15, 0.2) is 13.6 Å². The molecule has 1 fully saturated rings. The van der Waals surface area contributed by atoms with Crippen LogP contribution in [0.2, 0.25) is 0 Å². The minimum atomic E-state index is -0.322. The molecule has 2 heterocycles. The monoisotopic (exact) mass is 409 g/mol. The number of ether oxygens (including phenoxy) is 1. The summed E-state index contributed by atoms with van der Waals surface area (Å²) in [7, 11) is 0. The minimum absolute atomic E-state index is 0.0540. The fourth-order valence-corrected chi connectivity index (χ4v) is 5.37. The number of halogens is 2. The molecule has 1 aromatic heterocycles. The number of hydrogen-bond acceptors (Lipinski definition) is 3. The van der Waals surface area contributed by atoms with Crippen molar-refractivity contribution < 1.29 is 9.53 Å². The average Bonchev–Trinajstić information content (AvgIpc) is 2.52. The molecule has 1 aromatic rings. The summed E-state index contributed by atoms with van der Waals surface area (Å²) in [6, 6.07) is 1.87. The molecule has 0 aromatic carbocycles. The van der Waals surface area contributed by atoms with Crippen molar-refractivity contribution >= 4 is 49.1 Å². The first-order chi connectivity index (χ1) is 8.60. The van der Waals surface area contributed by atoms with Crippen LogP contribution in [0.5, 0.6) is 0 Å². The maximum atomic E-state index is 12.6. The van der Waals surface area contributed by atoms with Crippen LogP contribution in [-0.2, 0) is 4.74 Å².